The summed E-state index contributed by atoms with van der Waals surface area (Å²) >= 11 is 4.93. The van der Waals surface area contributed by atoms with Crippen molar-refractivity contribution in [2.45, 2.75) is 26.8 Å². The monoisotopic (exact) mass is 255 g/mol. The molecule has 1 amide bonds. The quantitative estimate of drug-likeness (QED) is 0.704. The zero-order valence-electron chi connectivity index (χ0n) is 10.0. The Labute approximate surface area is 106 Å². The van der Waals surface area contributed by atoms with Gasteiger partial charge in [0.25, 0.3) is 0 Å². The number of aromatic nitrogens is 3. The van der Waals surface area contributed by atoms with Gasteiger partial charge in [0.2, 0.25) is 5.91 Å². The fraction of sp³-hybridized carbons (Fsp3) is 0.600. The first kappa shape index (κ1) is 13.6. The van der Waals surface area contributed by atoms with Crippen LogP contribution in [0, 0.1) is 5.41 Å². The van der Waals surface area contributed by atoms with Crippen LogP contribution in [-0.4, -0.2) is 32.4 Å². The SMILES string of the molecule is CCC(C)(C(=O)NCCn1ccnn1)C(N)=S. The highest BCUT2D eigenvalue weighted by molar-refractivity contribution is 7.80. The predicted molar refractivity (Wildman–Crippen MR) is 68.2 cm³/mol. The first-order valence-corrected chi connectivity index (χ1v) is 5.84. The number of nitrogens with one attached hydrogen (secondary N) is 1. The first-order chi connectivity index (χ1) is 8.00. The molecule has 0 aliphatic carbocycles. The van der Waals surface area contributed by atoms with E-state index in [9.17, 15) is 4.79 Å². The lowest BCUT2D eigenvalue weighted by Crippen LogP contribution is -2.47. The van der Waals surface area contributed by atoms with Crippen molar-refractivity contribution in [1.82, 2.24) is 20.3 Å². The summed E-state index contributed by atoms with van der Waals surface area (Å²) < 4.78 is 1.64. The Bertz CT molecular complexity index is 391. The summed E-state index contributed by atoms with van der Waals surface area (Å²) in [4.78, 5) is 12.2. The molecular formula is C10H17N5OS. The molecule has 17 heavy (non-hydrogen) atoms. The van der Waals surface area contributed by atoms with Crippen molar-refractivity contribution in [3.63, 3.8) is 0 Å². The second kappa shape index (κ2) is 5.72. The fourth-order valence-corrected chi connectivity index (χ4v) is 1.51. The summed E-state index contributed by atoms with van der Waals surface area (Å²) in [5.74, 6) is -0.146. The summed E-state index contributed by atoms with van der Waals surface area (Å²) in [6, 6.07) is 0. The molecule has 0 spiro atoms. The molecule has 1 rings (SSSR count). The summed E-state index contributed by atoms with van der Waals surface area (Å²) in [5.41, 5.74) is 4.81. The van der Waals surface area contributed by atoms with Crippen LogP contribution in [0.2, 0.25) is 0 Å². The Balaban J connectivity index is 2.46. The largest absolute Gasteiger partial charge is 0.392 e. The van der Waals surface area contributed by atoms with E-state index < -0.39 is 5.41 Å². The van der Waals surface area contributed by atoms with E-state index in [4.69, 9.17) is 18.0 Å². The number of hydrogen-bond acceptors (Lipinski definition) is 4. The Kier molecular flexibility index (Phi) is 4.56. The number of thiocarbonyl (C=S) groups is 1. The minimum atomic E-state index is -0.780. The molecule has 0 saturated carbocycles. The highest BCUT2D eigenvalue weighted by Gasteiger charge is 2.34. The zero-order chi connectivity index (χ0) is 12.9. The van der Waals surface area contributed by atoms with Crippen LogP contribution in [0.25, 0.3) is 0 Å². The second-order valence-corrected chi connectivity index (χ2v) is 4.41. The third-order valence-electron chi connectivity index (χ3n) is 2.85. The minimum Gasteiger partial charge on any atom is -0.392 e. The molecule has 0 saturated heterocycles. The molecule has 0 fully saturated rings. The van der Waals surface area contributed by atoms with Crippen LogP contribution in [0.15, 0.2) is 12.4 Å². The average Bonchev–Trinajstić information content (AvgIpc) is 2.80. The van der Waals surface area contributed by atoms with E-state index in [0.717, 1.165) is 0 Å². The van der Waals surface area contributed by atoms with Gasteiger partial charge in [0.05, 0.1) is 23.1 Å². The average molecular weight is 255 g/mol. The van der Waals surface area contributed by atoms with Gasteiger partial charge < -0.3 is 11.1 Å². The summed E-state index contributed by atoms with van der Waals surface area (Å²) in [6.45, 7) is 4.68. The second-order valence-electron chi connectivity index (χ2n) is 3.97. The Hall–Kier alpha value is -1.50. The van der Waals surface area contributed by atoms with Crippen LogP contribution in [0.5, 0.6) is 0 Å². The van der Waals surface area contributed by atoms with Crippen LogP contribution in [0.1, 0.15) is 20.3 Å². The molecule has 1 atom stereocenters. The van der Waals surface area contributed by atoms with Gasteiger partial charge in [0, 0.05) is 12.7 Å². The maximum absolute atomic E-state index is 11.9. The van der Waals surface area contributed by atoms with Gasteiger partial charge in [-0.3, -0.25) is 9.48 Å². The smallest absolute Gasteiger partial charge is 0.232 e. The van der Waals surface area contributed by atoms with Crippen LogP contribution >= 0.6 is 12.2 Å². The van der Waals surface area contributed by atoms with E-state index in [0.29, 0.717) is 19.5 Å². The third-order valence-corrected chi connectivity index (χ3v) is 3.30. The molecule has 94 valence electrons. The summed E-state index contributed by atoms with van der Waals surface area (Å²) in [6.07, 6.45) is 3.91. The van der Waals surface area contributed by atoms with Crippen molar-refractivity contribution in [2.24, 2.45) is 11.1 Å². The number of nitrogens with two attached hydrogens (primary N) is 1. The molecule has 1 aromatic heterocycles. The molecule has 7 heteroatoms. The maximum atomic E-state index is 11.9. The molecule has 3 N–H and O–H groups in total. The summed E-state index contributed by atoms with van der Waals surface area (Å²) in [7, 11) is 0. The summed E-state index contributed by atoms with van der Waals surface area (Å²) in [5, 5.41) is 10.3. The van der Waals surface area contributed by atoms with Crippen molar-refractivity contribution in [1.29, 1.82) is 0 Å². The lowest BCUT2D eigenvalue weighted by atomic mass is 9.86. The first-order valence-electron chi connectivity index (χ1n) is 5.43. The van der Waals surface area contributed by atoms with Crippen LogP contribution in [0.4, 0.5) is 0 Å². The van der Waals surface area contributed by atoms with Crippen molar-refractivity contribution < 1.29 is 4.79 Å². The van der Waals surface area contributed by atoms with Crippen LogP contribution < -0.4 is 11.1 Å². The zero-order valence-corrected chi connectivity index (χ0v) is 10.8. The Morgan fingerprint density at radius 1 is 1.65 bits per heavy atom. The molecule has 0 aliphatic rings. The van der Waals surface area contributed by atoms with Gasteiger partial charge >= 0.3 is 0 Å². The highest BCUT2D eigenvalue weighted by atomic mass is 32.1. The lowest BCUT2D eigenvalue weighted by molar-refractivity contribution is -0.127. The number of nitrogens with zero attached hydrogens (tertiary/aromatic N) is 3. The van der Waals surface area contributed by atoms with E-state index in [2.05, 4.69) is 15.6 Å². The van der Waals surface area contributed by atoms with Crippen LogP contribution in [-0.2, 0) is 11.3 Å². The number of amides is 1. The Morgan fingerprint density at radius 3 is 2.82 bits per heavy atom. The molecule has 6 nitrogen and oxygen atoms in total. The standard InChI is InChI=1S/C10H17N5OS/c1-3-10(2,8(11)17)9(16)12-4-6-15-7-5-13-14-15/h5,7H,3-4,6H2,1-2H3,(H2,11,17)(H,12,16). The third kappa shape index (κ3) is 3.23. The number of hydrogen-bond donors (Lipinski definition) is 2. The molecular weight excluding hydrogens is 238 g/mol. The molecule has 0 radical (unpaired) electrons. The van der Waals surface area contributed by atoms with E-state index in [1.54, 1.807) is 24.0 Å². The maximum Gasteiger partial charge on any atom is 0.232 e. The van der Waals surface area contributed by atoms with Gasteiger partial charge in [-0.1, -0.05) is 24.4 Å². The Morgan fingerprint density at radius 2 is 2.35 bits per heavy atom. The normalized spacial score (nSPS) is 14.0. The van der Waals surface area contributed by atoms with Gasteiger partial charge in [0.1, 0.15) is 0 Å². The van der Waals surface area contributed by atoms with Crippen molar-refractivity contribution >= 4 is 23.1 Å². The van der Waals surface area contributed by atoms with Crippen LogP contribution in [0.3, 0.4) is 0 Å². The topological polar surface area (TPSA) is 85.8 Å². The molecule has 0 aliphatic heterocycles. The molecule has 1 unspecified atom stereocenters. The van der Waals surface area contributed by atoms with E-state index in [1.807, 2.05) is 6.92 Å². The number of carbonyl (C=O) groups is 1. The number of rotatable bonds is 6. The van der Waals surface area contributed by atoms with Crippen molar-refractivity contribution in [3.05, 3.63) is 12.4 Å². The minimum absolute atomic E-state index is 0.146. The fourth-order valence-electron chi connectivity index (χ4n) is 1.28. The number of carbonyl (C=O) groups excluding carboxylic acids is 1. The van der Waals surface area contributed by atoms with Gasteiger partial charge in [-0.15, -0.1) is 5.10 Å². The van der Waals surface area contributed by atoms with Gasteiger partial charge in [-0.05, 0) is 13.3 Å². The van der Waals surface area contributed by atoms with E-state index in [-0.39, 0.29) is 10.9 Å². The van der Waals surface area contributed by atoms with E-state index >= 15 is 0 Å². The molecule has 1 heterocycles. The molecule has 0 aromatic carbocycles. The van der Waals surface area contributed by atoms with Crippen molar-refractivity contribution in [3.8, 4) is 0 Å². The van der Waals surface area contributed by atoms with Gasteiger partial charge in [0.15, 0.2) is 0 Å². The molecule has 1 aromatic rings. The van der Waals surface area contributed by atoms with Gasteiger partial charge in [-0.2, -0.15) is 0 Å². The van der Waals surface area contributed by atoms with Gasteiger partial charge in [-0.25, -0.2) is 0 Å². The van der Waals surface area contributed by atoms with Crippen molar-refractivity contribution in [2.75, 3.05) is 6.54 Å². The predicted octanol–water partition coefficient (Wildman–Crippen LogP) is 0.0967. The molecule has 0 bridgehead atoms. The van der Waals surface area contributed by atoms with E-state index in [1.165, 1.54) is 0 Å². The highest BCUT2D eigenvalue weighted by Crippen LogP contribution is 2.21. The lowest BCUT2D eigenvalue weighted by Gasteiger charge is -2.25.